The van der Waals surface area contributed by atoms with Crippen molar-refractivity contribution in [1.29, 1.82) is 0 Å². The maximum atomic E-state index is 12.5. The van der Waals surface area contributed by atoms with Crippen molar-refractivity contribution in [3.8, 4) is 0 Å². The molecule has 0 aromatic carbocycles. The lowest BCUT2D eigenvalue weighted by molar-refractivity contribution is 0.343. The lowest BCUT2D eigenvalue weighted by Gasteiger charge is -2.25. The van der Waals surface area contributed by atoms with Gasteiger partial charge >= 0.3 is 0 Å². The molecule has 0 atom stereocenters. The molecule has 8 nitrogen and oxygen atoms in total. The molecule has 1 saturated carbocycles. The van der Waals surface area contributed by atoms with E-state index in [1.807, 2.05) is 0 Å². The largest absolute Gasteiger partial charge is 0.363 e. The van der Waals surface area contributed by atoms with Crippen LogP contribution < -0.4 is 4.72 Å². The lowest BCUT2D eigenvalue weighted by Crippen LogP contribution is -2.44. The van der Waals surface area contributed by atoms with Crippen LogP contribution in [0, 0.1) is 6.92 Å². The molecule has 0 amide bonds. The van der Waals surface area contributed by atoms with Crippen molar-refractivity contribution in [2.24, 2.45) is 0 Å². The van der Waals surface area contributed by atoms with E-state index in [2.05, 4.69) is 20.0 Å². The van der Waals surface area contributed by atoms with E-state index >= 15 is 0 Å². The van der Waals surface area contributed by atoms with Gasteiger partial charge in [0.2, 0.25) is 16.4 Å². The maximum absolute atomic E-state index is 12.5. The first-order valence-electron chi connectivity index (χ1n) is 6.25. The molecule has 1 aliphatic carbocycles. The number of sulfonamides is 1. The van der Waals surface area contributed by atoms with E-state index in [-0.39, 0.29) is 4.90 Å². The zero-order valence-electron chi connectivity index (χ0n) is 10.9. The number of aromatic nitrogens is 3. The highest BCUT2D eigenvalue weighted by atomic mass is 32.2. The molecule has 0 aliphatic heterocycles. The Hall–Kier alpha value is -1.74. The number of hydrogen-bond donors (Lipinski definition) is 1. The predicted molar refractivity (Wildman–Crippen MR) is 66.0 cm³/mol. The van der Waals surface area contributed by atoms with Crippen LogP contribution in [0.15, 0.2) is 26.6 Å². The Bertz CT molecular complexity index is 686. The average molecular weight is 298 g/mol. The predicted octanol–water partition coefficient (Wildman–Crippen LogP) is 1.11. The first-order valence-corrected chi connectivity index (χ1v) is 7.74. The summed E-state index contributed by atoms with van der Waals surface area (Å²) < 4.78 is 37.1. The Labute approximate surface area is 115 Å². The van der Waals surface area contributed by atoms with Gasteiger partial charge in [-0.15, -0.1) is 0 Å². The summed E-state index contributed by atoms with van der Waals surface area (Å²) in [7, 11) is -3.74. The van der Waals surface area contributed by atoms with Crippen molar-refractivity contribution in [3.05, 3.63) is 24.2 Å². The Morgan fingerprint density at radius 2 is 2.00 bits per heavy atom. The third kappa shape index (κ3) is 2.12. The van der Waals surface area contributed by atoms with Crippen LogP contribution in [0.4, 0.5) is 0 Å². The zero-order chi connectivity index (χ0) is 14.2. The SMILES string of the molecule is Cc1nocc1S(=O)(=O)NC1(c2ncon2)CCCC1. The van der Waals surface area contributed by atoms with Gasteiger partial charge in [0.25, 0.3) is 0 Å². The van der Waals surface area contributed by atoms with Gasteiger partial charge in [0.15, 0.2) is 5.82 Å². The molecule has 2 heterocycles. The number of hydrogen-bond acceptors (Lipinski definition) is 7. The third-order valence-electron chi connectivity index (χ3n) is 3.57. The molecule has 1 aliphatic rings. The minimum Gasteiger partial charge on any atom is -0.363 e. The molecule has 0 radical (unpaired) electrons. The van der Waals surface area contributed by atoms with Crippen LogP contribution in [-0.2, 0) is 15.6 Å². The van der Waals surface area contributed by atoms with E-state index in [4.69, 9.17) is 9.05 Å². The molecule has 9 heteroatoms. The quantitative estimate of drug-likeness (QED) is 0.900. The average Bonchev–Trinajstić information content (AvgIpc) is 3.06. The highest BCUT2D eigenvalue weighted by Gasteiger charge is 2.43. The molecule has 0 spiro atoms. The summed E-state index contributed by atoms with van der Waals surface area (Å²) in [4.78, 5) is 4.05. The molecular formula is C11H14N4O4S. The van der Waals surface area contributed by atoms with Crippen molar-refractivity contribution in [3.63, 3.8) is 0 Å². The van der Waals surface area contributed by atoms with Crippen LogP contribution in [0.25, 0.3) is 0 Å². The fourth-order valence-corrected chi connectivity index (χ4v) is 4.10. The van der Waals surface area contributed by atoms with Crippen LogP contribution in [0.2, 0.25) is 0 Å². The second-order valence-corrected chi connectivity index (χ2v) is 6.56. The summed E-state index contributed by atoms with van der Waals surface area (Å²) >= 11 is 0. The van der Waals surface area contributed by atoms with Crippen molar-refractivity contribution in [1.82, 2.24) is 20.0 Å². The van der Waals surface area contributed by atoms with Gasteiger partial charge in [0.1, 0.15) is 16.9 Å². The molecule has 20 heavy (non-hydrogen) atoms. The monoisotopic (exact) mass is 298 g/mol. The summed E-state index contributed by atoms with van der Waals surface area (Å²) in [6.45, 7) is 1.58. The zero-order valence-corrected chi connectivity index (χ0v) is 11.7. The van der Waals surface area contributed by atoms with Gasteiger partial charge in [-0.05, 0) is 19.8 Å². The molecule has 0 bridgehead atoms. The van der Waals surface area contributed by atoms with Crippen molar-refractivity contribution in [2.45, 2.75) is 43.0 Å². The minimum absolute atomic E-state index is 0.0345. The molecule has 0 unspecified atom stereocenters. The van der Waals surface area contributed by atoms with Gasteiger partial charge in [-0.3, -0.25) is 0 Å². The summed E-state index contributed by atoms with van der Waals surface area (Å²) in [5.74, 6) is 0.368. The highest BCUT2D eigenvalue weighted by molar-refractivity contribution is 7.89. The summed E-state index contributed by atoms with van der Waals surface area (Å²) in [5.41, 5.74) is -0.492. The van der Waals surface area contributed by atoms with Crippen LogP contribution in [-0.4, -0.2) is 23.7 Å². The van der Waals surface area contributed by atoms with Crippen molar-refractivity contribution in [2.75, 3.05) is 0 Å². The van der Waals surface area contributed by atoms with E-state index in [1.165, 1.54) is 6.39 Å². The maximum Gasteiger partial charge on any atom is 0.246 e. The molecular weight excluding hydrogens is 284 g/mol. The second kappa shape index (κ2) is 4.67. The van der Waals surface area contributed by atoms with E-state index in [0.717, 1.165) is 19.1 Å². The van der Waals surface area contributed by atoms with Gasteiger partial charge in [0, 0.05) is 0 Å². The smallest absolute Gasteiger partial charge is 0.246 e. The third-order valence-corrected chi connectivity index (χ3v) is 5.20. The molecule has 3 rings (SSSR count). The van der Waals surface area contributed by atoms with Gasteiger partial charge in [-0.25, -0.2) is 8.42 Å². The Morgan fingerprint density at radius 3 is 2.55 bits per heavy atom. The summed E-state index contributed by atoms with van der Waals surface area (Å²) in [6.07, 6.45) is 5.40. The van der Waals surface area contributed by atoms with Crippen LogP contribution in [0.5, 0.6) is 0 Å². The molecule has 1 fully saturated rings. The molecule has 2 aromatic heterocycles. The Morgan fingerprint density at radius 1 is 1.25 bits per heavy atom. The summed E-state index contributed by atoms with van der Waals surface area (Å²) in [5, 5.41) is 7.41. The first-order chi connectivity index (χ1) is 9.54. The fraction of sp³-hybridized carbons (Fsp3) is 0.545. The van der Waals surface area contributed by atoms with E-state index < -0.39 is 15.6 Å². The Kier molecular flexibility index (Phi) is 3.09. The number of rotatable bonds is 4. The van der Waals surface area contributed by atoms with Crippen molar-refractivity contribution >= 4 is 10.0 Å². The van der Waals surface area contributed by atoms with E-state index in [9.17, 15) is 8.42 Å². The van der Waals surface area contributed by atoms with Crippen molar-refractivity contribution < 1.29 is 17.5 Å². The summed E-state index contributed by atoms with van der Waals surface area (Å²) in [6, 6.07) is 0. The lowest BCUT2D eigenvalue weighted by atomic mass is 9.99. The highest BCUT2D eigenvalue weighted by Crippen LogP contribution is 2.38. The first kappa shape index (κ1) is 13.3. The molecule has 108 valence electrons. The van der Waals surface area contributed by atoms with Gasteiger partial charge in [-0.2, -0.15) is 9.71 Å². The van der Waals surface area contributed by atoms with Gasteiger partial charge in [0.05, 0.1) is 5.54 Å². The number of nitrogens with zero attached hydrogens (tertiary/aromatic N) is 3. The number of aryl methyl sites for hydroxylation is 1. The number of nitrogens with one attached hydrogen (secondary N) is 1. The van der Waals surface area contributed by atoms with Gasteiger partial charge < -0.3 is 9.05 Å². The second-order valence-electron chi connectivity index (χ2n) is 4.91. The molecule has 0 saturated heterocycles. The van der Waals surface area contributed by atoms with E-state index in [1.54, 1.807) is 6.92 Å². The topological polar surface area (TPSA) is 111 Å². The molecule has 2 aromatic rings. The van der Waals surface area contributed by atoms with Gasteiger partial charge in [-0.1, -0.05) is 23.2 Å². The van der Waals surface area contributed by atoms with Crippen LogP contribution in [0.3, 0.4) is 0 Å². The Balaban J connectivity index is 1.98. The van der Waals surface area contributed by atoms with Crippen LogP contribution in [0.1, 0.15) is 37.2 Å². The van der Waals surface area contributed by atoms with E-state index in [0.29, 0.717) is 24.4 Å². The fourth-order valence-electron chi connectivity index (χ4n) is 2.58. The standard InChI is InChI=1S/C11H14N4O4S/c1-8-9(6-18-13-8)20(16,17)15-11(4-2-3-5-11)10-12-7-19-14-10/h6-7,15H,2-5H2,1H3. The van der Waals surface area contributed by atoms with Crippen LogP contribution >= 0.6 is 0 Å². The molecule has 1 N–H and O–H groups in total. The normalized spacial score (nSPS) is 18.4. The minimum atomic E-state index is -3.74.